The van der Waals surface area contributed by atoms with Crippen molar-refractivity contribution < 1.29 is 32.9 Å². The first-order valence-corrected chi connectivity index (χ1v) is 12.9. The molecule has 40 heavy (non-hydrogen) atoms. The predicted octanol–water partition coefficient (Wildman–Crippen LogP) is 5.65. The second kappa shape index (κ2) is 13.1. The van der Waals surface area contributed by atoms with E-state index in [-0.39, 0.29) is 29.5 Å². The van der Waals surface area contributed by atoms with Gasteiger partial charge in [-0.2, -0.15) is 8.78 Å². The molecule has 1 heterocycles. The number of alkyl halides is 2. The van der Waals surface area contributed by atoms with Gasteiger partial charge in [-0.3, -0.25) is 0 Å². The Morgan fingerprint density at radius 2 is 1.80 bits per heavy atom. The molecule has 0 aliphatic heterocycles. The average molecular weight is 552 g/mol. The summed E-state index contributed by atoms with van der Waals surface area (Å²) in [6, 6.07) is 18.9. The van der Waals surface area contributed by atoms with Crippen LogP contribution in [0.25, 0.3) is 27.2 Å². The zero-order valence-electron chi connectivity index (χ0n) is 22.2. The van der Waals surface area contributed by atoms with Crippen LogP contribution >= 0.6 is 0 Å². The highest BCUT2D eigenvalue weighted by atomic mass is 19.3. The minimum absolute atomic E-state index is 0.0570. The van der Waals surface area contributed by atoms with Gasteiger partial charge in [-0.25, -0.2) is 4.79 Å². The fourth-order valence-corrected chi connectivity index (χ4v) is 4.70. The lowest BCUT2D eigenvalue weighted by atomic mass is 9.97. The molecule has 0 fully saturated rings. The number of aryl methyl sites for hydroxylation is 1. The maximum Gasteiger partial charge on any atom is 0.388 e. The van der Waals surface area contributed by atoms with E-state index in [4.69, 9.17) is 14.9 Å². The molecule has 0 aliphatic carbocycles. The molecule has 4 N–H and O–H groups in total. The van der Waals surface area contributed by atoms with Crippen LogP contribution in [0.2, 0.25) is 0 Å². The number of carbonyl (C=O) groups is 1. The summed E-state index contributed by atoms with van der Waals surface area (Å²) < 4.78 is 42.3. The molecule has 0 aliphatic rings. The fourth-order valence-electron chi connectivity index (χ4n) is 4.70. The number of aromatic nitrogens is 1. The van der Waals surface area contributed by atoms with Crippen molar-refractivity contribution in [2.75, 3.05) is 26.9 Å². The smallest absolute Gasteiger partial charge is 0.388 e. The number of benzene rings is 3. The number of aliphatic hydroxyl groups is 1. The number of aromatic amines is 1. The van der Waals surface area contributed by atoms with Gasteiger partial charge in [0, 0.05) is 23.4 Å². The largest absolute Gasteiger partial charge is 0.493 e. The molecular weight excluding hydrogens is 520 g/mol. The first-order chi connectivity index (χ1) is 19.4. The Balaban J connectivity index is 1.71. The van der Waals surface area contributed by atoms with Crippen LogP contribution in [0.15, 0.2) is 66.5 Å². The van der Waals surface area contributed by atoms with Crippen molar-refractivity contribution in [2.45, 2.75) is 26.4 Å². The van der Waals surface area contributed by atoms with Crippen molar-refractivity contribution in [3.05, 3.63) is 83.4 Å². The van der Waals surface area contributed by atoms with Gasteiger partial charge in [-0.15, -0.1) is 0 Å². The van der Waals surface area contributed by atoms with E-state index in [9.17, 15) is 18.7 Å². The van der Waals surface area contributed by atoms with E-state index < -0.39 is 19.2 Å². The minimum atomic E-state index is -3.15. The van der Waals surface area contributed by atoms with Gasteiger partial charge in [0.25, 0.3) is 0 Å². The summed E-state index contributed by atoms with van der Waals surface area (Å²) in [5, 5.41) is 23.3. The van der Waals surface area contributed by atoms with Gasteiger partial charge in [0.2, 0.25) is 5.88 Å². The van der Waals surface area contributed by atoms with Crippen molar-refractivity contribution in [3.63, 3.8) is 0 Å². The highest BCUT2D eigenvalue weighted by molar-refractivity contribution is 6.26. The maximum atomic E-state index is 13.2. The van der Waals surface area contributed by atoms with E-state index in [2.05, 4.69) is 15.0 Å². The Morgan fingerprint density at radius 1 is 1.07 bits per heavy atom. The first-order valence-electron chi connectivity index (χ1n) is 12.9. The van der Waals surface area contributed by atoms with Crippen molar-refractivity contribution in [1.82, 2.24) is 10.3 Å². The fraction of sp³-hybridized carbons (Fsp3) is 0.267. The third kappa shape index (κ3) is 6.07. The van der Waals surface area contributed by atoms with Gasteiger partial charge in [0.1, 0.15) is 11.4 Å². The van der Waals surface area contributed by atoms with Gasteiger partial charge in [-0.05, 0) is 36.8 Å². The molecule has 0 saturated carbocycles. The molecule has 3 aromatic carbocycles. The Kier molecular flexibility index (Phi) is 9.34. The number of hydrogen-bond acceptors (Lipinski definition) is 7. The first kappa shape index (κ1) is 28.6. The van der Waals surface area contributed by atoms with Crippen LogP contribution in [-0.2, 0) is 15.9 Å². The summed E-state index contributed by atoms with van der Waals surface area (Å²) in [5.41, 5.74) is 1.24. The number of para-hydroxylation sites is 1. The second-order valence-corrected chi connectivity index (χ2v) is 8.83. The normalized spacial score (nSPS) is 11.9. The predicted molar refractivity (Wildman–Crippen MR) is 150 cm³/mol. The van der Waals surface area contributed by atoms with Gasteiger partial charge in [-0.1, -0.05) is 54.6 Å². The maximum absolute atomic E-state index is 13.2. The van der Waals surface area contributed by atoms with Crippen LogP contribution in [0.4, 0.5) is 8.78 Å². The number of halogens is 2. The monoisotopic (exact) mass is 551 g/mol. The molecule has 4 rings (SSSR count). The number of esters is 1. The second-order valence-electron chi connectivity index (χ2n) is 8.83. The molecule has 4 aromatic rings. The van der Waals surface area contributed by atoms with Gasteiger partial charge < -0.3 is 35.0 Å². The van der Waals surface area contributed by atoms with Crippen LogP contribution in [0, 0.1) is 5.41 Å². The number of nitrogens with one attached hydrogen (secondary N) is 3. The van der Waals surface area contributed by atoms with Crippen molar-refractivity contribution in [2.24, 2.45) is 0 Å². The highest BCUT2D eigenvalue weighted by Crippen LogP contribution is 2.33. The van der Waals surface area contributed by atoms with Crippen LogP contribution in [0.3, 0.4) is 0 Å². The Hall–Kier alpha value is -4.44. The van der Waals surface area contributed by atoms with E-state index in [0.29, 0.717) is 41.5 Å². The number of hydrogen-bond donors (Lipinski definition) is 4. The quantitative estimate of drug-likeness (QED) is 0.0739. The molecule has 0 radical (unpaired) electrons. The van der Waals surface area contributed by atoms with E-state index in [1.807, 2.05) is 42.5 Å². The SMILES string of the molecule is CCOC(=O)c1[nH]c2c(/C(C(=N)CO)=C(/NC)OC(F)F)cccc2c1CCCOc1cccc2ccccc12. The molecular formula is C30H31F2N3O5. The Labute approximate surface area is 230 Å². The summed E-state index contributed by atoms with van der Waals surface area (Å²) in [6.07, 6.45) is 1.02. The average Bonchev–Trinajstić information content (AvgIpc) is 3.34. The minimum Gasteiger partial charge on any atom is -0.493 e. The molecule has 210 valence electrons. The summed E-state index contributed by atoms with van der Waals surface area (Å²) >= 11 is 0. The van der Waals surface area contributed by atoms with Gasteiger partial charge in [0.15, 0.2) is 0 Å². The van der Waals surface area contributed by atoms with Crippen molar-refractivity contribution in [1.29, 1.82) is 5.41 Å². The molecule has 1 aromatic heterocycles. The van der Waals surface area contributed by atoms with E-state index in [1.54, 1.807) is 25.1 Å². The summed E-state index contributed by atoms with van der Waals surface area (Å²) in [7, 11) is 1.38. The summed E-state index contributed by atoms with van der Waals surface area (Å²) in [4.78, 5) is 16.0. The zero-order chi connectivity index (χ0) is 28.6. The Bertz CT molecular complexity index is 1540. The molecule has 0 atom stereocenters. The number of rotatable bonds is 13. The van der Waals surface area contributed by atoms with E-state index in [0.717, 1.165) is 16.5 Å². The summed E-state index contributed by atoms with van der Waals surface area (Å²) in [5.74, 6) is -0.172. The lowest BCUT2D eigenvalue weighted by Gasteiger charge is -2.16. The van der Waals surface area contributed by atoms with Gasteiger partial charge in [0.05, 0.1) is 36.6 Å². The molecule has 0 spiro atoms. The van der Waals surface area contributed by atoms with Crippen LogP contribution in [-0.4, -0.2) is 55.3 Å². The number of ether oxygens (including phenoxy) is 3. The van der Waals surface area contributed by atoms with Crippen LogP contribution in [0.5, 0.6) is 5.75 Å². The van der Waals surface area contributed by atoms with E-state index in [1.165, 1.54) is 7.05 Å². The lowest BCUT2D eigenvalue weighted by molar-refractivity contribution is -0.0998. The topological polar surface area (TPSA) is 117 Å². The van der Waals surface area contributed by atoms with Crippen molar-refractivity contribution >= 4 is 38.9 Å². The van der Waals surface area contributed by atoms with Gasteiger partial charge >= 0.3 is 12.6 Å². The molecule has 8 nitrogen and oxygen atoms in total. The molecule has 0 saturated heterocycles. The van der Waals surface area contributed by atoms with Crippen LogP contribution in [0.1, 0.15) is 35.0 Å². The Morgan fingerprint density at radius 3 is 2.52 bits per heavy atom. The zero-order valence-corrected chi connectivity index (χ0v) is 22.2. The highest BCUT2D eigenvalue weighted by Gasteiger charge is 2.25. The molecule has 0 amide bonds. The molecule has 0 bridgehead atoms. The summed E-state index contributed by atoms with van der Waals surface area (Å²) in [6.45, 7) is -1.62. The lowest BCUT2D eigenvalue weighted by Crippen LogP contribution is -2.20. The molecule has 10 heteroatoms. The standard InChI is InChI=1S/C30H31F2N3O5/c1-3-38-29(37)27-21(14-8-16-39-24-15-6-10-18-9-4-5-11-19(18)24)20-12-7-13-22(26(20)35-27)25(23(33)17-36)28(34-2)40-30(31)32/h4-7,9-13,15,30,33-36H,3,8,14,16-17H2,1-2H3/b28-25+,33-23?. The number of aliphatic hydroxyl groups excluding tert-OH is 1. The number of fused-ring (bicyclic) bond motifs is 2. The third-order valence-corrected chi connectivity index (χ3v) is 6.39. The van der Waals surface area contributed by atoms with Crippen molar-refractivity contribution in [3.8, 4) is 5.75 Å². The third-order valence-electron chi connectivity index (χ3n) is 6.39. The number of H-pyrrole nitrogens is 1. The van der Waals surface area contributed by atoms with E-state index >= 15 is 0 Å². The molecule has 0 unspecified atom stereocenters. The number of carbonyl (C=O) groups excluding carboxylic acids is 1. The van der Waals surface area contributed by atoms with Crippen LogP contribution < -0.4 is 10.1 Å².